The lowest BCUT2D eigenvalue weighted by molar-refractivity contribution is 0.187. The number of aliphatic hydroxyl groups excluding tert-OH is 1. The summed E-state index contributed by atoms with van der Waals surface area (Å²) in [6.07, 6.45) is -1.34. The average molecular weight is 409 g/mol. The molecule has 2 unspecified atom stereocenters. The predicted octanol–water partition coefficient (Wildman–Crippen LogP) is 3.14. The van der Waals surface area contributed by atoms with Crippen molar-refractivity contribution >= 4 is 55.6 Å². The molecule has 0 aliphatic carbocycles. The van der Waals surface area contributed by atoms with Gasteiger partial charge in [0, 0.05) is 5.02 Å². The van der Waals surface area contributed by atoms with Crippen LogP contribution in [0.25, 0.3) is 0 Å². The molecular formula is C10H11Cl2IO3S. The van der Waals surface area contributed by atoms with Crippen LogP contribution in [0.5, 0.6) is 0 Å². The molecule has 0 aliphatic heterocycles. The third-order valence-electron chi connectivity index (χ3n) is 2.28. The topological polar surface area (TPSA) is 54.4 Å². The van der Waals surface area contributed by atoms with E-state index in [1.807, 2.05) is 0 Å². The lowest BCUT2D eigenvalue weighted by Gasteiger charge is -2.26. The van der Waals surface area contributed by atoms with Gasteiger partial charge in [-0.3, -0.25) is 0 Å². The zero-order valence-corrected chi connectivity index (χ0v) is 13.4. The summed E-state index contributed by atoms with van der Waals surface area (Å²) in [7, 11) is -3.60. The summed E-state index contributed by atoms with van der Waals surface area (Å²) in [4.78, 5) is 0. The Hall–Kier alpha value is 0.440. The highest BCUT2D eigenvalue weighted by Gasteiger charge is 2.45. The molecule has 1 aromatic carbocycles. The molecule has 7 heteroatoms. The second kappa shape index (κ2) is 5.61. The number of hydrogen-bond donors (Lipinski definition) is 1. The number of benzene rings is 1. The van der Waals surface area contributed by atoms with Gasteiger partial charge in [0.1, 0.15) is 6.10 Å². The van der Waals surface area contributed by atoms with Gasteiger partial charge in [-0.1, -0.05) is 42.3 Å². The van der Waals surface area contributed by atoms with Crippen molar-refractivity contribution in [2.24, 2.45) is 0 Å². The minimum absolute atomic E-state index is 0.142. The quantitative estimate of drug-likeness (QED) is 0.615. The van der Waals surface area contributed by atoms with Crippen LogP contribution in [0.3, 0.4) is 0 Å². The first-order valence-corrected chi connectivity index (χ1v) is 8.24. The number of sulfone groups is 1. The molecule has 1 N–H and O–H groups in total. The van der Waals surface area contributed by atoms with E-state index < -0.39 is 18.2 Å². The molecule has 1 aromatic rings. The molecule has 0 radical (unpaired) electrons. The van der Waals surface area contributed by atoms with E-state index in [-0.39, 0.29) is 5.75 Å². The summed E-state index contributed by atoms with van der Waals surface area (Å²) in [5.74, 6) is -0.142. The summed E-state index contributed by atoms with van der Waals surface area (Å²) in [5.41, 5.74) is 0.374. The van der Waals surface area contributed by atoms with E-state index in [1.165, 1.54) is 13.0 Å². The maximum Gasteiger partial charge on any atom is 0.225 e. The van der Waals surface area contributed by atoms with Crippen molar-refractivity contribution in [1.82, 2.24) is 0 Å². The summed E-state index contributed by atoms with van der Waals surface area (Å²) < 4.78 is 21.8. The van der Waals surface area contributed by atoms with Crippen LogP contribution in [-0.2, 0) is 9.84 Å². The molecule has 0 saturated heterocycles. The monoisotopic (exact) mass is 408 g/mol. The Balaban J connectivity index is 3.17. The third-order valence-corrected chi connectivity index (χ3v) is 7.84. The van der Waals surface area contributed by atoms with E-state index in [1.54, 1.807) is 40.8 Å². The zero-order chi connectivity index (χ0) is 13.3. The van der Waals surface area contributed by atoms with E-state index in [0.717, 1.165) is 0 Å². The molecule has 0 saturated carbocycles. The highest BCUT2D eigenvalue weighted by Crippen LogP contribution is 2.43. The Kier molecular flexibility index (Phi) is 5.11. The summed E-state index contributed by atoms with van der Waals surface area (Å²) in [5, 5.41) is 10.5. The average Bonchev–Trinajstić information content (AvgIpc) is 2.27. The molecule has 17 heavy (non-hydrogen) atoms. The highest BCUT2D eigenvalue weighted by molar-refractivity contribution is 14.1. The fourth-order valence-electron chi connectivity index (χ4n) is 1.23. The molecule has 0 aromatic heterocycles. The maximum absolute atomic E-state index is 11.8. The molecule has 0 spiro atoms. The zero-order valence-electron chi connectivity index (χ0n) is 8.90. The van der Waals surface area contributed by atoms with Crippen molar-refractivity contribution < 1.29 is 13.5 Å². The van der Waals surface area contributed by atoms with Gasteiger partial charge in [-0.15, -0.1) is 0 Å². The molecular weight excluding hydrogens is 398 g/mol. The van der Waals surface area contributed by atoms with Gasteiger partial charge in [0.25, 0.3) is 0 Å². The Morgan fingerprint density at radius 2 is 2.12 bits per heavy atom. The Morgan fingerprint density at radius 3 is 2.59 bits per heavy atom. The first-order chi connectivity index (χ1) is 7.72. The summed E-state index contributed by atoms with van der Waals surface area (Å²) in [6, 6.07) is 6.34. The van der Waals surface area contributed by atoms with Crippen LogP contribution in [0.1, 0.15) is 18.6 Å². The van der Waals surface area contributed by atoms with Crippen LogP contribution in [0.2, 0.25) is 5.02 Å². The first-order valence-electron chi connectivity index (χ1n) is 4.76. The molecule has 0 fully saturated rings. The van der Waals surface area contributed by atoms with E-state index >= 15 is 0 Å². The normalized spacial score (nSPS) is 17.5. The van der Waals surface area contributed by atoms with Crippen molar-refractivity contribution in [2.45, 2.75) is 15.2 Å². The number of alkyl halides is 2. The molecule has 2 atom stereocenters. The van der Waals surface area contributed by atoms with Crippen molar-refractivity contribution in [3.8, 4) is 0 Å². The van der Waals surface area contributed by atoms with Gasteiger partial charge in [-0.2, -0.15) is 0 Å². The SMILES string of the molecule is CCS(=O)(=O)C(Cl)(I)C(O)c1cccc(Cl)c1. The second-order valence-electron chi connectivity index (χ2n) is 3.42. The maximum atomic E-state index is 11.8. The van der Waals surface area contributed by atoms with Crippen LogP contribution in [0, 0.1) is 0 Å². The minimum atomic E-state index is -3.60. The largest absolute Gasteiger partial charge is 0.385 e. The lowest BCUT2D eigenvalue weighted by Crippen LogP contribution is -2.34. The standard InChI is InChI=1S/C10H11Cl2IO3S/c1-2-17(15,16)10(12,13)9(14)7-4-3-5-8(11)6-7/h3-6,9,14H,2H2,1H3. The van der Waals surface area contributed by atoms with Gasteiger partial charge in [0.2, 0.25) is 2.21 Å². The van der Waals surface area contributed by atoms with Crippen LogP contribution in [-0.4, -0.2) is 21.5 Å². The number of rotatable bonds is 4. The van der Waals surface area contributed by atoms with Crippen LogP contribution in [0.15, 0.2) is 24.3 Å². The van der Waals surface area contributed by atoms with Crippen molar-refractivity contribution in [3.63, 3.8) is 0 Å². The van der Waals surface area contributed by atoms with Gasteiger partial charge < -0.3 is 5.11 Å². The third kappa shape index (κ3) is 3.26. The molecule has 3 nitrogen and oxygen atoms in total. The Labute approximate surface area is 124 Å². The molecule has 0 heterocycles. The van der Waals surface area contributed by atoms with Crippen LogP contribution < -0.4 is 0 Å². The van der Waals surface area contributed by atoms with Gasteiger partial charge in [0.15, 0.2) is 9.84 Å². The molecule has 0 bridgehead atoms. The highest BCUT2D eigenvalue weighted by atomic mass is 127. The molecule has 0 amide bonds. The van der Waals surface area contributed by atoms with Gasteiger partial charge >= 0.3 is 0 Å². The molecule has 0 aliphatic rings. The summed E-state index contributed by atoms with van der Waals surface area (Å²) in [6.45, 7) is 1.48. The number of halogens is 3. The van der Waals surface area contributed by atoms with E-state index in [0.29, 0.717) is 10.6 Å². The van der Waals surface area contributed by atoms with Gasteiger partial charge in [-0.25, -0.2) is 8.42 Å². The minimum Gasteiger partial charge on any atom is -0.385 e. The van der Waals surface area contributed by atoms with Crippen molar-refractivity contribution in [2.75, 3.05) is 5.75 Å². The smallest absolute Gasteiger partial charge is 0.225 e. The number of aliphatic hydroxyl groups is 1. The Morgan fingerprint density at radius 1 is 1.53 bits per heavy atom. The van der Waals surface area contributed by atoms with Gasteiger partial charge in [0.05, 0.1) is 5.75 Å². The van der Waals surface area contributed by atoms with Crippen molar-refractivity contribution in [3.05, 3.63) is 34.9 Å². The van der Waals surface area contributed by atoms with E-state index in [2.05, 4.69) is 0 Å². The fraction of sp³-hybridized carbons (Fsp3) is 0.400. The predicted molar refractivity (Wildman–Crippen MR) is 78.5 cm³/mol. The van der Waals surface area contributed by atoms with Crippen molar-refractivity contribution in [1.29, 1.82) is 0 Å². The van der Waals surface area contributed by atoms with E-state index in [9.17, 15) is 13.5 Å². The lowest BCUT2D eigenvalue weighted by atomic mass is 10.1. The Bertz CT molecular complexity index is 502. The number of hydrogen-bond acceptors (Lipinski definition) is 3. The molecule has 96 valence electrons. The molecule has 1 rings (SSSR count). The van der Waals surface area contributed by atoms with Crippen LogP contribution in [0.4, 0.5) is 0 Å². The second-order valence-corrected chi connectivity index (χ2v) is 10.2. The van der Waals surface area contributed by atoms with Crippen LogP contribution >= 0.6 is 45.8 Å². The first kappa shape index (κ1) is 15.5. The summed E-state index contributed by atoms with van der Waals surface area (Å²) >= 11 is 13.3. The van der Waals surface area contributed by atoms with E-state index in [4.69, 9.17) is 23.2 Å². The van der Waals surface area contributed by atoms with Gasteiger partial charge in [-0.05, 0) is 40.3 Å². The fourth-order valence-corrected chi connectivity index (χ4v) is 4.04.